The zero-order valence-corrected chi connectivity index (χ0v) is 24.1. The predicted molar refractivity (Wildman–Crippen MR) is 154 cm³/mol. The highest BCUT2D eigenvalue weighted by atomic mass is 35.5. The molecule has 0 amide bonds. The van der Waals surface area contributed by atoms with Crippen LogP contribution in [0.3, 0.4) is 0 Å². The molecule has 0 bridgehead atoms. The largest absolute Gasteiger partial charge is 0.550 e. The third-order valence-electron chi connectivity index (χ3n) is 6.59. The smallest absolute Gasteiger partial charge is 0.310 e. The van der Waals surface area contributed by atoms with Gasteiger partial charge < -0.3 is 34.4 Å². The summed E-state index contributed by atoms with van der Waals surface area (Å²) in [6.07, 6.45) is -3.41. The molecule has 2 unspecified atom stereocenters. The first kappa shape index (κ1) is 32.3. The SMILES string of the molecule is CCN(CC)C(COc1ccc(/C(=C(\Cl)c2ccccc2)c2ccccc2)cc1)OC(=O)CC(O)(CC(=O)[O-])C(=O)[O-]. The quantitative estimate of drug-likeness (QED) is 0.160. The number of benzene rings is 3. The van der Waals surface area contributed by atoms with Gasteiger partial charge in [-0.25, -0.2) is 0 Å². The summed E-state index contributed by atoms with van der Waals surface area (Å²) in [6.45, 7) is 4.47. The molecule has 0 saturated carbocycles. The highest BCUT2D eigenvalue weighted by molar-refractivity contribution is 6.53. The third kappa shape index (κ3) is 8.66. The average Bonchev–Trinajstić information content (AvgIpc) is 2.97. The van der Waals surface area contributed by atoms with Crippen molar-refractivity contribution in [1.29, 1.82) is 0 Å². The Hall–Kier alpha value is -4.18. The second kappa shape index (κ2) is 15.2. The Kier molecular flexibility index (Phi) is 11.7. The van der Waals surface area contributed by atoms with Gasteiger partial charge in [0.2, 0.25) is 0 Å². The number of aliphatic carboxylic acids is 2. The van der Waals surface area contributed by atoms with Gasteiger partial charge >= 0.3 is 5.97 Å². The Morgan fingerprint density at radius 1 is 0.833 bits per heavy atom. The van der Waals surface area contributed by atoms with Gasteiger partial charge in [-0.15, -0.1) is 0 Å². The van der Waals surface area contributed by atoms with E-state index in [0.717, 1.165) is 22.3 Å². The summed E-state index contributed by atoms with van der Waals surface area (Å²) < 4.78 is 11.3. The minimum absolute atomic E-state index is 0.122. The van der Waals surface area contributed by atoms with Crippen LogP contribution in [0.2, 0.25) is 0 Å². The van der Waals surface area contributed by atoms with Crippen molar-refractivity contribution in [2.24, 2.45) is 0 Å². The van der Waals surface area contributed by atoms with E-state index < -0.39 is 42.6 Å². The summed E-state index contributed by atoms with van der Waals surface area (Å²) in [5.74, 6) is -4.63. The maximum atomic E-state index is 12.6. The second-order valence-corrected chi connectivity index (χ2v) is 9.84. The second-order valence-electron chi connectivity index (χ2n) is 9.47. The Morgan fingerprint density at radius 3 is 1.86 bits per heavy atom. The molecule has 0 aliphatic rings. The molecule has 2 atom stereocenters. The number of carboxylic acid groups (broad SMARTS) is 2. The lowest BCUT2D eigenvalue weighted by molar-refractivity contribution is -0.333. The highest BCUT2D eigenvalue weighted by Gasteiger charge is 2.34. The molecule has 0 aliphatic heterocycles. The fraction of sp³-hybridized carbons (Fsp3) is 0.281. The number of carboxylic acids is 2. The Balaban J connectivity index is 1.80. The molecule has 0 fully saturated rings. The van der Waals surface area contributed by atoms with E-state index in [1.165, 1.54) is 0 Å². The summed E-state index contributed by atoms with van der Waals surface area (Å²) in [6, 6.07) is 26.6. The fourth-order valence-corrected chi connectivity index (χ4v) is 4.71. The number of halogens is 1. The van der Waals surface area contributed by atoms with Crippen molar-refractivity contribution in [1.82, 2.24) is 4.90 Å². The number of carbonyl (C=O) groups is 3. The van der Waals surface area contributed by atoms with Crippen molar-refractivity contribution in [3.05, 3.63) is 102 Å². The van der Waals surface area contributed by atoms with Gasteiger partial charge in [0.1, 0.15) is 18.0 Å². The van der Waals surface area contributed by atoms with Crippen molar-refractivity contribution in [2.75, 3.05) is 19.7 Å². The maximum absolute atomic E-state index is 12.6. The highest BCUT2D eigenvalue weighted by Crippen LogP contribution is 2.35. The lowest BCUT2D eigenvalue weighted by Crippen LogP contribution is -2.53. The van der Waals surface area contributed by atoms with Gasteiger partial charge in [0.25, 0.3) is 0 Å². The van der Waals surface area contributed by atoms with Crippen molar-refractivity contribution >= 4 is 40.1 Å². The van der Waals surface area contributed by atoms with E-state index in [1.807, 2.05) is 86.6 Å². The summed E-state index contributed by atoms with van der Waals surface area (Å²) in [4.78, 5) is 36.5. The number of hydrogen-bond donors (Lipinski definition) is 1. The normalized spacial score (nSPS) is 13.9. The first-order valence-electron chi connectivity index (χ1n) is 13.4. The van der Waals surface area contributed by atoms with Gasteiger partial charge in [-0.1, -0.05) is 98.2 Å². The lowest BCUT2D eigenvalue weighted by atomic mass is 9.95. The van der Waals surface area contributed by atoms with E-state index in [1.54, 1.807) is 17.0 Å². The Labute approximate surface area is 249 Å². The zero-order valence-electron chi connectivity index (χ0n) is 23.3. The molecule has 0 spiro atoms. The molecule has 222 valence electrons. The summed E-state index contributed by atoms with van der Waals surface area (Å²) in [5, 5.41) is 32.9. The molecule has 0 aliphatic carbocycles. The summed E-state index contributed by atoms with van der Waals surface area (Å²) >= 11 is 6.89. The number of nitrogens with zero attached hydrogens (tertiary/aromatic N) is 1. The lowest BCUT2D eigenvalue weighted by Gasteiger charge is -2.32. The Morgan fingerprint density at radius 2 is 1.36 bits per heavy atom. The van der Waals surface area contributed by atoms with Crippen LogP contribution in [0.1, 0.15) is 43.4 Å². The van der Waals surface area contributed by atoms with Gasteiger partial charge in [0.15, 0.2) is 6.23 Å². The maximum Gasteiger partial charge on any atom is 0.310 e. The van der Waals surface area contributed by atoms with E-state index in [0.29, 0.717) is 23.9 Å². The number of esters is 1. The minimum atomic E-state index is -2.97. The molecule has 0 aromatic heterocycles. The van der Waals surface area contributed by atoms with Crippen molar-refractivity contribution in [3.63, 3.8) is 0 Å². The van der Waals surface area contributed by atoms with Crippen LogP contribution in [0, 0.1) is 0 Å². The average molecular weight is 594 g/mol. The van der Waals surface area contributed by atoms with Crippen LogP contribution in [-0.2, 0) is 19.1 Å². The van der Waals surface area contributed by atoms with E-state index >= 15 is 0 Å². The summed E-state index contributed by atoms with van der Waals surface area (Å²) in [7, 11) is 0. The Bertz CT molecular complexity index is 1370. The van der Waals surface area contributed by atoms with Crippen molar-refractivity contribution < 1.29 is 39.2 Å². The predicted octanol–water partition coefficient (Wildman–Crippen LogP) is 2.44. The number of ether oxygens (including phenoxy) is 2. The standard InChI is InChI=1S/C32H34ClNO8/c1-3-34(4-2)26(42-28(37)20-32(40,31(38)39)19-27(35)36)21-41-25-17-15-23(16-18-25)29(22-11-7-5-8-12-22)30(33)24-13-9-6-10-14-24/h5-18,26,40H,3-4,19-21H2,1-2H3,(H,35,36)(H,38,39)/p-2/b30-29-. The molecule has 1 N–H and O–H groups in total. The minimum Gasteiger partial charge on any atom is -0.550 e. The van der Waals surface area contributed by atoms with Crippen molar-refractivity contribution in [2.45, 2.75) is 38.5 Å². The van der Waals surface area contributed by atoms with Crippen LogP contribution in [-0.4, -0.2) is 59.4 Å². The van der Waals surface area contributed by atoms with Crippen molar-refractivity contribution in [3.8, 4) is 5.75 Å². The van der Waals surface area contributed by atoms with Gasteiger partial charge in [-0.05, 0) is 41.9 Å². The van der Waals surface area contributed by atoms with Gasteiger partial charge in [0.05, 0.1) is 17.4 Å². The molecule has 0 saturated heterocycles. The molecule has 9 nitrogen and oxygen atoms in total. The van der Waals surface area contributed by atoms with Crippen LogP contribution in [0.5, 0.6) is 5.75 Å². The number of rotatable bonds is 15. The van der Waals surface area contributed by atoms with Crippen LogP contribution in [0.25, 0.3) is 10.6 Å². The van der Waals surface area contributed by atoms with E-state index in [2.05, 4.69) is 0 Å². The topological polar surface area (TPSA) is 139 Å². The monoisotopic (exact) mass is 593 g/mol. The van der Waals surface area contributed by atoms with E-state index in [4.69, 9.17) is 21.1 Å². The van der Waals surface area contributed by atoms with Gasteiger partial charge in [-0.3, -0.25) is 9.69 Å². The van der Waals surface area contributed by atoms with E-state index in [9.17, 15) is 29.7 Å². The third-order valence-corrected chi connectivity index (χ3v) is 6.99. The zero-order chi connectivity index (χ0) is 30.7. The number of carbonyl (C=O) groups excluding carboxylic acids is 3. The van der Waals surface area contributed by atoms with E-state index in [-0.39, 0.29) is 6.61 Å². The molecule has 42 heavy (non-hydrogen) atoms. The molecule has 10 heteroatoms. The first-order valence-corrected chi connectivity index (χ1v) is 13.8. The molecular weight excluding hydrogens is 562 g/mol. The fourth-order valence-electron chi connectivity index (χ4n) is 4.36. The van der Waals surface area contributed by atoms with Crippen LogP contribution in [0.15, 0.2) is 84.9 Å². The molecule has 3 rings (SSSR count). The molecule has 3 aromatic rings. The summed E-state index contributed by atoms with van der Waals surface area (Å²) in [5.41, 5.74) is 0.521. The molecule has 0 heterocycles. The van der Waals surface area contributed by atoms with Crippen LogP contribution in [0.4, 0.5) is 0 Å². The molecule has 3 aromatic carbocycles. The van der Waals surface area contributed by atoms with Crippen LogP contribution < -0.4 is 14.9 Å². The first-order chi connectivity index (χ1) is 20.1. The molecular formula is C32H32ClNO8-2. The number of likely N-dealkylation sites (N-methyl/N-ethyl adjacent to an activating group) is 1. The van der Waals surface area contributed by atoms with Gasteiger partial charge in [-0.2, -0.15) is 0 Å². The number of hydrogen-bond acceptors (Lipinski definition) is 9. The molecule has 0 radical (unpaired) electrons. The number of aliphatic hydroxyl groups is 1. The van der Waals surface area contributed by atoms with Crippen LogP contribution >= 0.6 is 11.6 Å². The van der Waals surface area contributed by atoms with Gasteiger partial charge in [0, 0.05) is 18.0 Å².